The first-order valence-electron chi connectivity index (χ1n) is 6.57. The van der Waals surface area contributed by atoms with E-state index in [0.717, 1.165) is 12.8 Å². The number of nitrogen functional groups attached to an aromatic ring is 1. The summed E-state index contributed by atoms with van der Waals surface area (Å²) in [6.07, 6.45) is 1.90. The Morgan fingerprint density at radius 2 is 2.21 bits per heavy atom. The number of ether oxygens (including phenoxy) is 1. The number of rotatable bonds is 8. The summed E-state index contributed by atoms with van der Waals surface area (Å²) in [5.41, 5.74) is 2.50. The topological polar surface area (TPSA) is 105 Å². The van der Waals surface area contributed by atoms with Crippen molar-refractivity contribution in [2.45, 2.75) is 32.5 Å². The lowest BCUT2D eigenvalue weighted by Gasteiger charge is -2.13. The number of aliphatic hydroxyl groups is 1. The molecule has 1 unspecified atom stereocenters. The van der Waals surface area contributed by atoms with Crippen LogP contribution in [0.25, 0.3) is 0 Å². The lowest BCUT2D eigenvalue weighted by molar-refractivity contribution is 0.128. The summed E-state index contributed by atoms with van der Waals surface area (Å²) in [6.45, 7) is 3.34. The van der Waals surface area contributed by atoms with Crippen LogP contribution in [0.3, 0.4) is 0 Å². The maximum Gasteiger partial charge on any atom is 0.158 e. The molecule has 0 bridgehead atoms. The molecule has 1 heterocycles. The predicted molar refractivity (Wildman–Crippen MR) is 72.4 cm³/mol. The van der Waals surface area contributed by atoms with E-state index in [2.05, 4.69) is 20.7 Å². The molecule has 2 rings (SSSR count). The largest absolute Gasteiger partial charge is 0.391 e. The number of aromatic nitrogens is 2. The minimum Gasteiger partial charge on any atom is -0.391 e. The Morgan fingerprint density at radius 1 is 1.47 bits per heavy atom. The first-order valence-corrected chi connectivity index (χ1v) is 6.57. The lowest BCUT2D eigenvalue weighted by Crippen LogP contribution is -2.22. The number of anilines is 2. The zero-order chi connectivity index (χ0) is 13.7. The molecule has 0 radical (unpaired) electrons. The van der Waals surface area contributed by atoms with Gasteiger partial charge in [-0.3, -0.25) is 0 Å². The van der Waals surface area contributed by atoms with Gasteiger partial charge in [0.2, 0.25) is 0 Å². The van der Waals surface area contributed by atoms with Gasteiger partial charge in [-0.1, -0.05) is 0 Å². The second-order valence-corrected chi connectivity index (χ2v) is 4.62. The van der Waals surface area contributed by atoms with E-state index in [1.165, 1.54) is 0 Å². The second kappa shape index (κ2) is 6.65. The second-order valence-electron chi connectivity index (χ2n) is 4.62. The van der Waals surface area contributed by atoms with E-state index in [0.29, 0.717) is 43.1 Å². The highest BCUT2D eigenvalue weighted by atomic mass is 16.5. The van der Waals surface area contributed by atoms with Crippen molar-refractivity contribution in [2.24, 2.45) is 11.8 Å². The molecule has 7 heteroatoms. The van der Waals surface area contributed by atoms with Crippen molar-refractivity contribution < 1.29 is 9.84 Å². The molecular formula is C12H21N5O2. The van der Waals surface area contributed by atoms with Gasteiger partial charge in [0.25, 0.3) is 0 Å². The van der Waals surface area contributed by atoms with Crippen molar-refractivity contribution in [3.8, 4) is 0 Å². The maximum absolute atomic E-state index is 9.82. The average molecular weight is 267 g/mol. The highest BCUT2D eigenvalue weighted by molar-refractivity contribution is 5.46. The molecule has 0 saturated heterocycles. The highest BCUT2D eigenvalue weighted by Crippen LogP contribution is 2.32. The van der Waals surface area contributed by atoms with Crippen LogP contribution in [0.5, 0.6) is 0 Å². The van der Waals surface area contributed by atoms with Crippen LogP contribution < -0.4 is 16.6 Å². The molecule has 0 aliphatic heterocycles. The number of nitrogens with two attached hydrogens (primary N) is 1. The summed E-state index contributed by atoms with van der Waals surface area (Å²) in [6, 6.07) is 1.70. The van der Waals surface area contributed by atoms with Gasteiger partial charge in [-0.05, 0) is 25.7 Å². The van der Waals surface area contributed by atoms with E-state index in [1.807, 2.05) is 6.92 Å². The van der Waals surface area contributed by atoms with Gasteiger partial charge in [0.15, 0.2) is 5.82 Å². The van der Waals surface area contributed by atoms with Crippen molar-refractivity contribution in [1.29, 1.82) is 0 Å². The van der Waals surface area contributed by atoms with Crippen molar-refractivity contribution in [3.63, 3.8) is 0 Å². The fraction of sp³-hybridized carbons (Fsp3) is 0.667. The first-order chi connectivity index (χ1) is 9.22. The monoisotopic (exact) mass is 267 g/mol. The summed E-state index contributed by atoms with van der Waals surface area (Å²) in [5, 5.41) is 12.9. The molecule has 1 aromatic rings. The van der Waals surface area contributed by atoms with Gasteiger partial charge >= 0.3 is 0 Å². The molecule has 1 fully saturated rings. The fourth-order valence-electron chi connectivity index (χ4n) is 1.78. The lowest BCUT2D eigenvalue weighted by atomic mass is 10.2. The third-order valence-electron chi connectivity index (χ3n) is 3.01. The normalized spacial score (nSPS) is 16.2. The summed E-state index contributed by atoms with van der Waals surface area (Å²) in [5.74, 6) is 7.52. The third-order valence-corrected chi connectivity index (χ3v) is 3.01. The molecule has 7 nitrogen and oxygen atoms in total. The van der Waals surface area contributed by atoms with Crippen LogP contribution in [0.15, 0.2) is 6.07 Å². The zero-order valence-electron chi connectivity index (χ0n) is 11.1. The van der Waals surface area contributed by atoms with Crippen molar-refractivity contribution in [2.75, 3.05) is 23.9 Å². The Morgan fingerprint density at radius 3 is 2.84 bits per heavy atom. The van der Waals surface area contributed by atoms with Gasteiger partial charge in [0, 0.05) is 19.2 Å². The summed E-state index contributed by atoms with van der Waals surface area (Å²) >= 11 is 0. The van der Waals surface area contributed by atoms with Gasteiger partial charge in [0.1, 0.15) is 18.2 Å². The van der Waals surface area contributed by atoms with E-state index >= 15 is 0 Å². The fourth-order valence-corrected chi connectivity index (χ4v) is 1.78. The van der Waals surface area contributed by atoms with Gasteiger partial charge < -0.3 is 20.6 Å². The van der Waals surface area contributed by atoms with Gasteiger partial charge in [-0.2, -0.15) is 0 Å². The van der Waals surface area contributed by atoms with E-state index < -0.39 is 0 Å². The zero-order valence-corrected chi connectivity index (χ0v) is 11.1. The van der Waals surface area contributed by atoms with Crippen LogP contribution in [0.4, 0.5) is 11.6 Å². The van der Waals surface area contributed by atoms with Crippen molar-refractivity contribution in [1.82, 2.24) is 9.97 Å². The standard InChI is InChI=1S/C12H21N5O2/c1-2-19-7-12-15-10(5-11(16-12)17-13)14-6-9(18)8-3-4-8/h5,8-9,18H,2-4,6-7,13H2,1H3,(H2,14,15,16,17). The minimum absolute atomic E-state index is 0.320. The van der Waals surface area contributed by atoms with Gasteiger partial charge in [-0.25, -0.2) is 15.8 Å². The Kier molecular flexibility index (Phi) is 4.89. The average Bonchev–Trinajstić information content (AvgIpc) is 3.26. The Balaban J connectivity index is 1.96. The van der Waals surface area contributed by atoms with Crippen molar-refractivity contribution >= 4 is 11.6 Å². The molecule has 0 amide bonds. The van der Waals surface area contributed by atoms with E-state index in [9.17, 15) is 5.11 Å². The number of hydrogen-bond acceptors (Lipinski definition) is 7. The van der Waals surface area contributed by atoms with Crippen LogP contribution in [0, 0.1) is 5.92 Å². The molecule has 5 N–H and O–H groups in total. The van der Waals surface area contributed by atoms with Crippen LogP contribution >= 0.6 is 0 Å². The van der Waals surface area contributed by atoms with Crippen LogP contribution in [-0.2, 0) is 11.3 Å². The number of nitrogens with one attached hydrogen (secondary N) is 2. The summed E-state index contributed by atoms with van der Waals surface area (Å²) < 4.78 is 5.28. The van der Waals surface area contributed by atoms with Gasteiger partial charge in [-0.15, -0.1) is 0 Å². The van der Waals surface area contributed by atoms with E-state index in [1.54, 1.807) is 6.07 Å². The molecule has 1 atom stereocenters. The third kappa shape index (κ3) is 4.30. The summed E-state index contributed by atoms with van der Waals surface area (Å²) in [7, 11) is 0. The molecule has 1 saturated carbocycles. The molecule has 106 valence electrons. The number of hydrazine groups is 1. The van der Waals surface area contributed by atoms with Crippen LogP contribution in [0.1, 0.15) is 25.6 Å². The molecular weight excluding hydrogens is 246 g/mol. The van der Waals surface area contributed by atoms with E-state index in [-0.39, 0.29) is 6.10 Å². The van der Waals surface area contributed by atoms with E-state index in [4.69, 9.17) is 10.6 Å². The molecule has 1 aliphatic carbocycles. The highest BCUT2D eigenvalue weighted by Gasteiger charge is 2.29. The molecule has 0 aromatic carbocycles. The Hall–Kier alpha value is -1.44. The number of nitrogens with zero attached hydrogens (tertiary/aromatic N) is 2. The van der Waals surface area contributed by atoms with Crippen LogP contribution in [0.2, 0.25) is 0 Å². The maximum atomic E-state index is 9.82. The Labute approximate surface area is 112 Å². The molecule has 1 aromatic heterocycles. The molecule has 19 heavy (non-hydrogen) atoms. The number of aliphatic hydroxyl groups excluding tert-OH is 1. The first kappa shape index (κ1) is 14.0. The van der Waals surface area contributed by atoms with Crippen LogP contribution in [-0.4, -0.2) is 34.3 Å². The van der Waals surface area contributed by atoms with Gasteiger partial charge in [0.05, 0.1) is 6.10 Å². The predicted octanol–water partition coefficient (Wildman–Crippen LogP) is 0.481. The molecule has 0 spiro atoms. The minimum atomic E-state index is -0.320. The quantitative estimate of drug-likeness (QED) is 0.401. The Bertz CT molecular complexity index is 411. The van der Waals surface area contributed by atoms with Crippen molar-refractivity contribution in [3.05, 3.63) is 11.9 Å². The smallest absolute Gasteiger partial charge is 0.158 e. The molecule has 1 aliphatic rings. The summed E-state index contributed by atoms with van der Waals surface area (Å²) in [4.78, 5) is 8.51. The number of hydrogen-bond donors (Lipinski definition) is 4. The SMILES string of the molecule is CCOCc1nc(NN)cc(NCC(O)C2CC2)n1.